The number of carbonyl (C=O) groups is 1. The summed E-state index contributed by atoms with van der Waals surface area (Å²) in [6, 6.07) is 7.15. The topological polar surface area (TPSA) is 49.8 Å². The molecule has 1 saturated heterocycles. The van der Waals surface area contributed by atoms with E-state index in [-0.39, 0.29) is 17.9 Å². The minimum atomic E-state index is -0.569. The number of ether oxygens (including phenoxy) is 1. The molecule has 1 N–H and O–H groups in total. The van der Waals surface area contributed by atoms with Crippen molar-refractivity contribution in [1.82, 2.24) is 4.90 Å². The maximum atomic E-state index is 12.5. The Bertz CT molecular complexity index is 536. The summed E-state index contributed by atoms with van der Waals surface area (Å²) < 4.78 is 5.68. The number of nitrogens with zero attached hydrogens (tertiary/aromatic N) is 1. The first-order valence-electron chi connectivity index (χ1n) is 7.44. The predicted octanol–water partition coefficient (Wildman–Crippen LogP) is 2.34. The Hall–Kier alpha value is -1.26. The van der Waals surface area contributed by atoms with E-state index in [0.717, 1.165) is 19.4 Å². The zero-order valence-corrected chi connectivity index (χ0v) is 12.8. The average Bonchev–Trinajstić information content (AvgIpc) is 3.03. The summed E-state index contributed by atoms with van der Waals surface area (Å²) in [6.45, 7) is 3.12. The molecule has 0 aromatic heterocycles. The van der Waals surface area contributed by atoms with Crippen molar-refractivity contribution in [3.63, 3.8) is 0 Å². The van der Waals surface area contributed by atoms with E-state index in [1.807, 2.05) is 17.0 Å². The fourth-order valence-electron chi connectivity index (χ4n) is 3.45. The molecule has 1 aromatic carbocycles. The molecular weight excluding hydrogens is 290 g/mol. The number of benzene rings is 1. The second-order valence-corrected chi connectivity index (χ2v) is 6.41. The number of fused-ring (bicyclic) bond motifs is 1. The Morgan fingerprint density at radius 3 is 2.86 bits per heavy atom. The van der Waals surface area contributed by atoms with Crippen LogP contribution in [0.25, 0.3) is 0 Å². The quantitative estimate of drug-likeness (QED) is 0.932. The van der Waals surface area contributed by atoms with Gasteiger partial charge in [-0.3, -0.25) is 4.79 Å². The molecule has 114 valence electrons. The zero-order chi connectivity index (χ0) is 15.0. The van der Waals surface area contributed by atoms with E-state index in [2.05, 4.69) is 0 Å². The monoisotopic (exact) mass is 309 g/mol. The summed E-state index contributed by atoms with van der Waals surface area (Å²) in [7, 11) is 0. The lowest BCUT2D eigenvalue weighted by molar-refractivity contribution is -0.137. The number of aliphatic hydroxyl groups excluding tert-OH is 1. The van der Waals surface area contributed by atoms with Gasteiger partial charge in [-0.2, -0.15) is 0 Å². The Morgan fingerprint density at radius 1 is 1.38 bits per heavy atom. The number of rotatable bonds is 3. The largest absolute Gasteiger partial charge is 0.479 e. The number of carbonyl (C=O) groups excluding carboxylic acids is 1. The Morgan fingerprint density at radius 2 is 2.14 bits per heavy atom. The standard InChI is InChI=1S/C16H20ClNO3/c1-10(21-15-5-3-2-4-13(15)17)16(20)18-8-11-6-7-14(19)12(11)9-18/h2-5,10-12,14,19H,6-9H2,1H3. The minimum absolute atomic E-state index is 0.0310. The lowest BCUT2D eigenvalue weighted by Gasteiger charge is -2.23. The first-order valence-corrected chi connectivity index (χ1v) is 7.82. The molecule has 1 amide bonds. The minimum Gasteiger partial charge on any atom is -0.479 e. The van der Waals surface area contributed by atoms with Gasteiger partial charge in [0.1, 0.15) is 5.75 Å². The Kier molecular flexibility index (Phi) is 4.09. The van der Waals surface area contributed by atoms with E-state index in [9.17, 15) is 9.90 Å². The van der Waals surface area contributed by atoms with Crippen molar-refractivity contribution in [2.75, 3.05) is 13.1 Å². The molecule has 0 bridgehead atoms. The summed E-state index contributed by atoms with van der Waals surface area (Å²) in [5.74, 6) is 1.17. The zero-order valence-electron chi connectivity index (χ0n) is 12.0. The maximum absolute atomic E-state index is 12.5. The molecule has 4 atom stereocenters. The molecule has 1 aliphatic carbocycles. The average molecular weight is 310 g/mol. The summed E-state index contributed by atoms with van der Waals surface area (Å²) in [5, 5.41) is 10.4. The smallest absolute Gasteiger partial charge is 0.263 e. The second-order valence-electron chi connectivity index (χ2n) is 6.00. The van der Waals surface area contributed by atoms with Gasteiger partial charge in [0, 0.05) is 19.0 Å². The summed E-state index contributed by atoms with van der Waals surface area (Å²) in [4.78, 5) is 14.3. The van der Waals surface area contributed by atoms with E-state index in [1.54, 1.807) is 19.1 Å². The first kappa shape index (κ1) is 14.7. The van der Waals surface area contributed by atoms with Crippen LogP contribution in [0.1, 0.15) is 19.8 Å². The lowest BCUT2D eigenvalue weighted by Crippen LogP contribution is -2.40. The highest BCUT2D eigenvalue weighted by atomic mass is 35.5. The number of likely N-dealkylation sites (tertiary alicyclic amines) is 1. The number of para-hydroxylation sites is 1. The van der Waals surface area contributed by atoms with Gasteiger partial charge >= 0.3 is 0 Å². The molecule has 1 saturated carbocycles. The van der Waals surface area contributed by atoms with Gasteiger partial charge in [0.2, 0.25) is 0 Å². The van der Waals surface area contributed by atoms with Crippen LogP contribution in [-0.4, -0.2) is 41.2 Å². The fraction of sp³-hybridized carbons (Fsp3) is 0.562. The van der Waals surface area contributed by atoms with E-state index in [4.69, 9.17) is 16.3 Å². The highest BCUT2D eigenvalue weighted by Gasteiger charge is 2.44. The van der Waals surface area contributed by atoms with Crippen molar-refractivity contribution in [3.05, 3.63) is 29.3 Å². The molecule has 21 heavy (non-hydrogen) atoms. The number of aliphatic hydroxyl groups is 1. The van der Waals surface area contributed by atoms with Gasteiger partial charge in [0.05, 0.1) is 11.1 Å². The van der Waals surface area contributed by atoms with Crippen LogP contribution in [0.15, 0.2) is 24.3 Å². The van der Waals surface area contributed by atoms with E-state index in [1.165, 1.54) is 0 Å². The molecule has 1 aromatic rings. The van der Waals surface area contributed by atoms with Crippen LogP contribution in [0.2, 0.25) is 5.02 Å². The molecule has 5 heteroatoms. The molecule has 0 radical (unpaired) electrons. The summed E-state index contributed by atoms with van der Waals surface area (Å²) >= 11 is 6.05. The normalized spacial score (nSPS) is 29.3. The summed E-state index contributed by atoms with van der Waals surface area (Å²) in [5.41, 5.74) is 0. The van der Waals surface area contributed by atoms with Crippen molar-refractivity contribution in [2.45, 2.75) is 32.0 Å². The van der Waals surface area contributed by atoms with Crippen molar-refractivity contribution in [3.8, 4) is 5.75 Å². The highest BCUT2D eigenvalue weighted by Crippen LogP contribution is 2.38. The van der Waals surface area contributed by atoms with Gasteiger partial charge in [0.25, 0.3) is 5.91 Å². The first-order chi connectivity index (χ1) is 10.1. The molecule has 2 aliphatic rings. The van der Waals surface area contributed by atoms with Crippen LogP contribution in [0.4, 0.5) is 0 Å². The van der Waals surface area contributed by atoms with Crippen LogP contribution >= 0.6 is 11.6 Å². The lowest BCUT2D eigenvalue weighted by atomic mass is 10.00. The van der Waals surface area contributed by atoms with Gasteiger partial charge in [-0.05, 0) is 37.8 Å². The van der Waals surface area contributed by atoms with Gasteiger partial charge in [-0.15, -0.1) is 0 Å². The SMILES string of the molecule is CC(Oc1ccccc1Cl)C(=O)N1CC2CCC(O)C2C1. The van der Waals surface area contributed by atoms with Gasteiger partial charge < -0.3 is 14.7 Å². The highest BCUT2D eigenvalue weighted by molar-refractivity contribution is 6.32. The van der Waals surface area contributed by atoms with E-state index < -0.39 is 6.10 Å². The van der Waals surface area contributed by atoms with Crippen LogP contribution in [0.3, 0.4) is 0 Å². The van der Waals surface area contributed by atoms with E-state index >= 15 is 0 Å². The summed E-state index contributed by atoms with van der Waals surface area (Å²) in [6.07, 6.45) is 1.05. The fourth-order valence-corrected chi connectivity index (χ4v) is 3.64. The molecule has 3 rings (SSSR count). The number of hydrogen-bond acceptors (Lipinski definition) is 3. The van der Waals surface area contributed by atoms with Crippen molar-refractivity contribution in [1.29, 1.82) is 0 Å². The van der Waals surface area contributed by atoms with Crippen LogP contribution in [0.5, 0.6) is 5.75 Å². The Labute approximate surface area is 129 Å². The Balaban J connectivity index is 1.62. The van der Waals surface area contributed by atoms with Crippen molar-refractivity contribution < 1.29 is 14.6 Å². The van der Waals surface area contributed by atoms with Gasteiger partial charge in [-0.1, -0.05) is 23.7 Å². The molecular formula is C16H20ClNO3. The maximum Gasteiger partial charge on any atom is 0.263 e. The number of halogens is 1. The molecule has 1 heterocycles. The third-order valence-electron chi connectivity index (χ3n) is 4.62. The van der Waals surface area contributed by atoms with Gasteiger partial charge in [-0.25, -0.2) is 0 Å². The molecule has 4 nitrogen and oxygen atoms in total. The van der Waals surface area contributed by atoms with E-state index in [0.29, 0.717) is 23.2 Å². The molecule has 0 spiro atoms. The van der Waals surface area contributed by atoms with Crippen molar-refractivity contribution in [2.24, 2.45) is 11.8 Å². The van der Waals surface area contributed by atoms with Crippen molar-refractivity contribution >= 4 is 17.5 Å². The van der Waals surface area contributed by atoms with Crippen LogP contribution in [0, 0.1) is 11.8 Å². The third kappa shape index (κ3) is 2.87. The predicted molar refractivity (Wildman–Crippen MR) is 80.3 cm³/mol. The third-order valence-corrected chi connectivity index (χ3v) is 4.93. The number of hydrogen-bond donors (Lipinski definition) is 1. The molecule has 1 aliphatic heterocycles. The molecule has 4 unspecified atom stereocenters. The van der Waals surface area contributed by atoms with Crippen LogP contribution in [-0.2, 0) is 4.79 Å². The number of amides is 1. The van der Waals surface area contributed by atoms with Crippen LogP contribution < -0.4 is 4.74 Å². The van der Waals surface area contributed by atoms with Gasteiger partial charge in [0.15, 0.2) is 6.10 Å². The second kappa shape index (κ2) is 5.85. The molecule has 2 fully saturated rings.